The monoisotopic (exact) mass is 305 g/mol. The molecule has 3 aromatic rings. The molecule has 0 saturated heterocycles. The summed E-state index contributed by atoms with van der Waals surface area (Å²) in [5.41, 5.74) is 7.72. The lowest BCUT2D eigenvalue weighted by Gasteiger charge is -2.01. The lowest BCUT2D eigenvalue weighted by molar-refractivity contribution is 0.538. The number of nitrogens with two attached hydrogens (primary N) is 1. The SMILES string of the molecule is NCc1oc2ccccc2c1Cn1cc(Br)cn1. The second-order valence-electron chi connectivity index (χ2n) is 4.06. The van der Waals surface area contributed by atoms with Crippen molar-refractivity contribution in [2.45, 2.75) is 13.1 Å². The molecular weight excluding hydrogens is 294 g/mol. The Balaban J connectivity index is 2.09. The largest absolute Gasteiger partial charge is 0.459 e. The summed E-state index contributed by atoms with van der Waals surface area (Å²) < 4.78 is 8.57. The molecule has 0 aliphatic heterocycles. The van der Waals surface area contributed by atoms with E-state index in [2.05, 4.69) is 21.0 Å². The van der Waals surface area contributed by atoms with Gasteiger partial charge < -0.3 is 10.2 Å². The van der Waals surface area contributed by atoms with Crippen LogP contribution in [0.1, 0.15) is 11.3 Å². The Morgan fingerprint density at radius 3 is 2.89 bits per heavy atom. The van der Waals surface area contributed by atoms with E-state index in [0.717, 1.165) is 26.8 Å². The number of fused-ring (bicyclic) bond motifs is 1. The lowest BCUT2D eigenvalue weighted by atomic mass is 10.1. The smallest absolute Gasteiger partial charge is 0.134 e. The number of furan rings is 1. The summed E-state index contributed by atoms with van der Waals surface area (Å²) in [6, 6.07) is 7.96. The van der Waals surface area contributed by atoms with Gasteiger partial charge in [0.05, 0.1) is 23.8 Å². The van der Waals surface area contributed by atoms with Crippen LogP contribution >= 0.6 is 15.9 Å². The van der Waals surface area contributed by atoms with Crippen molar-refractivity contribution in [1.82, 2.24) is 9.78 Å². The van der Waals surface area contributed by atoms with E-state index in [1.807, 2.05) is 35.1 Å². The summed E-state index contributed by atoms with van der Waals surface area (Å²) in [6.45, 7) is 1.06. The van der Waals surface area contributed by atoms with E-state index in [0.29, 0.717) is 13.1 Å². The fraction of sp³-hybridized carbons (Fsp3) is 0.154. The van der Waals surface area contributed by atoms with Gasteiger partial charge in [0, 0.05) is 17.1 Å². The van der Waals surface area contributed by atoms with E-state index in [1.54, 1.807) is 6.20 Å². The Kier molecular flexibility index (Phi) is 2.93. The number of hydrogen-bond acceptors (Lipinski definition) is 3. The molecular formula is C13H12BrN3O. The maximum absolute atomic E-state index is 5.75. The second-order valence-corrected chi connectivity index (χ2v) is 4.98. The van der Waals surface area contributed by atoms with Crippen molar-refractivity contribution in [1.29, 1.82) is 0 Å². The molecule has 0 radical (unpaired) electrons. The predicted octanol–water partition coefficient (Wildman–Crippen LogP) is 2.90. The summed E-state index contributed by atoms with van der Waals surface area (Å²) in [7, 11) is 0. The minimum absolute atomic E-state index is 0.395. The first-order valence-electron chi connectivity index (χ1n) is 5.65. The number of halogens is 1. The topological polar surface area (TPSA) is 57.0 Å². The van der Waals surface area contributed by atoms with Gasteiger partial charge in [0.2, 0.25) is 0 Å². The first-order valence-corrected chi connectivity index (χ1v) is 6.44. The van der Waals surface area contributed by atoms with Crippen molar-refractivity contribution in [3.63, 3.8) is 0 Å². The Bertz CT molecular complexity index is 686. The second kappa shape index (κ2) is 4.59. The Morgan fingerprint density at radius 2 is 2.17 bits per heavy atom. The highest BCUT2D eigenvalue weighted by atomic mass is 79.9. The van der Waals surface area contributed by atoms with Crippen molar-refractivity contribution in [3.05, 3.63) is 52.5 Å². The average molecular weight is 306 g/mol. The van der Waals surface area contributed by atoms with Crippen LogP contribution < -0.4 is 5.73 Å². The fourth-order valence-electron chi connectivity index (χ4n) is 2.07. The van der Waals surface area contributed by atoms with E-state index >= 15 is 0 Å². The molecule has 92 valence electrons. The highest BCUT2D eigenvalue weighted by Crippen LogP contribution is 2.26. The van der Waals surface area contributed by atoms with Crippen molar-refractivity contribution >= 4 is 26.9 Å². The number of para-hydroxylation sites is 1. The average Bonchev–Trinajstić information content (AvgIpc) is 2.94. The summed E-state index contributed by atoms with van der Waals surface area (Å²) in [6.07, 6.45) is 3.70. The maximum Gasteiger partial charge on any atom is 0.134 e. The minimum Gasteiger partial charge on any atom is -0.459 e. The molecule has 0 bridgehead atoms. The zero-order valence-corrected chi connectivity index (χ0v) is 11.2. The molecule has 2 aromatic heterocycles. The molecule has 0 unspecified atom stereocenters. The molecule has 18 heavy (non-hydrogen) atoms. The van der Waals surface area contributed by atoms with Crippen LogP contribution in [0.2, 0.25) is 0 Å². The third-order valence-electron chi connectivity index (χ3n) is 2.89. The fourth-order valence-corrected chi connectivity index (χ4v) is 2.40. The van der Waals surface area contributed by atoms with Crippen molar-refractivity contribution < 1.29 is 4.42 Å². The van der Waals surface area contributed by atoms with Gasteiger partial charge in [-0.25, -0.2) is 0 Å². The first kappa shape index (κ1) is 11.5. The molecule has 3 rings (SSSR count). The molecule has 0 atom stereocenters. The molecule has 0 aliphatic rings. The molecule has 1 aromatic carbocycles. The van der Waals surface area contributed by atoms with E-state index in [4.69, 9.17) is 10.2 Å². The molecule has 2 heterocycles. The Hall–Kier alpha value is -1.59. The number of hydrogen-bond donors (Lipinski definition) is 1. The molecule has 2 N–H and O–H groups in total. The summed E-state index contributed by atoms with van der Waals surface area (Å²) in [4.78, 5) is 0. The van der Waals surface area contributed by atoms with Gasteiger partial charge in [-0.1, -0.05) is 18.2 Å². The summed E-state index contributed by atoms with van der Waals surface area (Å²) in [5.74, 6) is 0.822. The number of benzene rings is 1. The summed E-state index contributed by atoms with van der Waals surface area (Å²) >= 11 is 3.39. The highest BCUT2D eigenvalue weighted by molar-refractivity contribution is 9.10. The van der Waals surface area contributed by atoms with Crippen LogP contribution in [-0.2, 0) is 13.1 Å². The van der Waals surface area contributed by atoms with Gasteiger partial charge in [-0.2, -0.15) is 5.10 Å². The van der Waals surface area contributed by atoms with Gasteiger partial charge in [0.15, 0.2) is 0 Å². The predicted molar refractivity (Wildman–Crippen MR) is 73.1 cm³/mol. The molecule has 4 nitrogen and oxygen atoms in total. The minimum atomic E-state index is 0.395. The lowest BCUT2D eigenvalue weighted by Crippen LogP contribution is -2.04. The van der Waals surface area contributed by atoms with Crippen LogP contribution in [0.15, 0.2) is 45.5 Å². The summed E-state index contributed by atoms with van der Waals surface area (Å²) in [5, 5.41) is 5.36. The third-order valence-corrected chi connectivity index (χ3v) is 3.30. The van der Waals surface area contributed by atoms with Gasteiger partial charge in [-0.05, 0) is 22.0 Å². The van der Waals surface area contributed by atoms with Crippen LogP contribution in [0, 0.1) is 0 Å². The third kappa shape index (κ3) is 1.95. The standard InChI is InChI=1S/C13H12BrN3O/c14-9-6-16-17(7-9)8-11-10-3-1-2-4-12(10)18-13(11)5-15/h1-4,6-7H,5,8,15H2. The number of aromatic nitrogens is 2. The molecule has 0 saturated carbocycles. The van der Waals surface area contributed by atoms with Gasteiger partial charge in [0.25, 0.3) is 0 Å². The molecule has 0 amide bonds. The van der Waals surface area contributed by atoms with E-state index in [1.165, 1.54) is 0 Å². The first-order chi connectivity index (χ1) is 8.78. The van der Waals surface area contributed by atoms with Gasteiger partial charge in [-0.3, -0.25) is 4.68 Å². The quantitative estimate of drug-likeness (QED) is 0.809. The number of nitrogens with zero attached hydrogens (tertiary/aromatic N) is 2. The van der Waals surface area contributed by atoms with E-state index in [9.17, 15) is 0 Å². The molecule has 0 fully saturated rings. The zero-order valence-electron chi connectivity index (χ0n) is 9.64. The zero-order chi connectivity index (χ0) is 12.5. The van der Waals surface area contributed by atoms with Crippen LogP contribution in [0.4, 0.5) is 0 Å². The van der Waals surface area contributed by atoms with Gasteiger partial charge >= 0.3 is 0 Å². The van der Waals surface area contributed by atoms with Crippen LogP contribution in [0.3, 0.4) is 0 Å². The molecule has 0 spiro atoms. The highest BCUT2D eigenvalue weighted by Gasteiger charge is 2.13. The van der Waals surface area contributed by atoms with Crippen LogP contribution in [0.5, 0.6) is 0 Å². The van der Waals surface area contributed by atoms with Gasteiger partial charge in [0.1, 0.15) is 11.3 Å². The van der Waals surface area contributed by atoms with Crippen LogP contribution in [-0.4, -0.2) is 9.78 Å². The van der Waals surface area contributed by atoms with Crippen molar-refractivity contribution in [3.8, 4) is 0 Å². The molecule has 0 aliphatic carbocycles. The normalized spacial score (nSPS) is 11.2. The maximum atomic E-state index is 5.75. The number of rotatable bonds is 3. The van der Waals surface area contributed by atoms with E-state index in [-0.39, 0.29) is 0 Å². The van der Waals surface area contributed by atoms with Crippen molar-refractivity contribution in [2.24, 2.45) is 5.73 Å². The van der Waals surface area contributed by atoms with Crippen molar-refractivity contribution in [2.75, 3.05) is 0 Å². The molecule has 5 heteroatoms. The van der Waals surface area contributed by atoms with Crippen LogP contribution in [0.25, 0.3) is 11.0 Å². The Morgan fingerprint density at radius 1 is 1.33 bits per heavy atom. The van der Waals surface area contributed by atoms with E-state index < -0.39 is 0 Å². The van der Waals surface area contributed by atoms with Gasteiger partial charge in [-0.15, -0.1) is 0 Å². The Labute approximate surface area is 113 Å².